The van der Waals surface area contributed by atoms with E-state index in [4.69, 9.17) is 0 Å². The molecule has 3 nitrogen and oxygen atoms in total. The predicted molar refractivity (Wildman–Crippen MR) is 81.9 cm³/mol. The van der Waals surface area contributed by atoms with Gasteiger partial charge in [0.2, 0.25) is 0 Å². The van der Waals surface area contributed by atoms with Crippen molar-refractivity contribution in [2.45, 2.75) is 0 Å². The van der Waals surface area contributed by atoms with E-state index in [1.807, 2.05) is 0 Å². The van der Waals surface area contributed by atoms with Gasteiger partial charge < -0.3 is 5.11 Å². The maximum Gasteiger partial charge on any atom is 0.355 e. The van der Waals surface area contributed by atoms with Gasteiger partial charge in [-0.3, -0.25) is 0 Å². The molecule has 0 bridgehead atoms. The predicted octanol–water partition coefficient (Wildman–Crippen LogP) is 4.67. The standard InChI is InChI=1S/C18H9F4NO2/c19-9-1-3-11(14(21)7-9)12-5-6-23-17(18(24)25)16(12)13-4-2-10(20)8-15(13)22/h1-8H,(H,24,25). The summed E-state index contributed by atoms with van der Waals surface area (Å²) in [6.07, 6.45) is 1.12. The Morgan fingerprint density at radius 1 is 0.800 bits per heavy atom. The van der Waals surface area contributed by atoms with Crippen LogP contribution in [0.15, 0.2) is 48.7 Å². The third-order valence-electron chi connectivity index (χ3n) is 3.58. The monoisotopic (exact) mass is 347 g/mol. The minimum atomic E-state index is -1.47. The summed E-state index contributed by atoms with van der Waals surface area (Å²) in [4.78, 5) is 15.2. The van der Waals surface area contributed by atoms with Gasteiger partial charge in [-0.05, 0) is 35.9 Å². The molecular formula is C18H9F4NO2. The quantitative estimate of drug-likeness (QED) is 0.701. The van der Waals surface area contributed by atoms with Gasteiger partial charge >= 0.3 is 5.97 Å². The summed E-state index contributed by atoms with van der Waals surface area (Å²) in [5.41, 5.74) is -1.16. The summed E-state index contributed by atoms with van der Waals surface area (Å²) in [5, 5.41) is 9.34. The van der Waals surface area contributed by atoms with Gasteiger partial charge in [0, 0.05) is 35.0 Å². The minimum Gasteiger partial charge on any atom is -0.476 e. The number of pyridine rings is 1. The first-order chi connectivity index (χ1) is 11.9. The van der Waals surface area contributed by atoms with E-state index >= 15 is 0 Å². The van der Waals surface area contributed by atoms with E-state index < -0.39 is 34.9 Å². The molecule has 0 saturated heterocycles. The number of rotatable bonds is 3. The van der Waals surface area contributed by atoms with Crippen molar-refractivity contribution in [1.29, 1.82) is 0 Å². The Hall–Kier alpha value is -3.22. The van der Waals surface area contributed by atoms with Gasteiger partial charge in [0.15, 0.2) is 5.69 Å². The molecule has 25 heavy (non-hydrogen) atoms. The van der Waals surface area contributed by atoms with Crippen LogP contribution in [0.2, 0.25) is 0 Å². The fourth-order valence-corrected chi connectivity index (χ4v) is 2.52. The molecule has 0 spiro atoms. The summed E-state index contributed by atoms with van der Waals surface area (Å²) >= 11 is 0. The number of hydrogen-bond acceptors (Lipinski definition) is 2. The van der Waals surface area contributed by atoms with Gasteiger partial charge in [-0.2, -0.15) is 0 Å². The second-order valence-corrected chi connectivity index (χ2v) is 5.14. The van der Waals surface area contributed by atoms with Crippen LogP contribution in [0, 0.1) is 23.3 Å². The molecule has 0 aliphatic heterocycles. The van der Waals surface area contributed by atoms with E-state index in [2.05, 4.69) is 4.98 Å². The van der Waals surface area contributed by atoms with Crippen LogP contribution in [0.4, 0.5) is 17.6 Å². The highest BCUT2D eigenvalue weighted by molar-refractivity contribution is 5.99. The van der Waals surface area contributed by atoms with Gasteiger partial charge in [-0.15, -0.1) is 0 Å². The summed E-state index contributed by atoms with van der Waals surface area (Å²) in [7, 11) is 0. The van der Waals surface area contributed by atoms with E-state index in [1.54, 1.807) is 0 Å². The van der Waals surface area contributed by atoms with Crippen molar-refractivity contribution < 1.29 is 27.5 Å². The summed E-state index contributed by atoms with van der Waals surface area (Å²) in [6.45, 7) is 0. The Morgan fingerprint density at radius 3 is 1.88 bits per heavy atom. The van der Waals surface area contributed by atoms with E-state index in [0.717, 1.165) is 30.5 Å². The molecule has 2 aromatic carbocycles. The molecule has 1 aromatic heterocycles. The van der Waals surface area contributed by atoms with Crippen molar-refractivity contribution in [2.24, 2.45) is 0 Å². The number of aromatic carboxylic acids is 1. The van der Waals surface area contributed by atoms with E-state index in [1.165, 1.54) is 6.07 Å². The second kappa shape index (κ2) is 6.35. The van der Waals surface area contributed by atoms with Crippen molar-refractivity contribution in [3.63, 3.8) is 0 Å². The zero-order valence-electron chi connectivity index (χ0n) is 12.4. The number of aromatic nitrogens is 1. The molecule has 3 rings (SSSR count). The molecule has 0 aliphatic carbocycles. The number of benzene rings is 2. The zero-order valence-corrected chi connectivity index (χ0v) is 12.4. The fraction of sp³-hybridized carbons (Fsp3) is 0. The molecule has 126 valence electrons. The van der Waals surface area contributed by atoms with Gasteiger partial charge in [0.1, 0.15) is 23.3 Å². The molecule has 0 saturated carbocycles. The zero-order chi connectivity index (χ0) is 18.1. The van der Waals surface area contributed by atoms with Crippen LogP contribution in [0.3, 0.4) is 0 Å². The highest BCUT2D eigenvalue weighted by Gasteiger charge is 2.22. The molecule has 1 heterocycles. The third-order valence-corrected chi connectivity index (χ3v) is 3.58. The Labute approximate surface area is 139 Å². The van der Waals surface area contributed by atoms with Crippen LogP contribution in [0.25, 0.3) is 22.3 Å². The maximum absolute atomic E-state index is 14.2. The average Bonchev–Trinajstić information content (AvgIpc) is 2.54. The van der Waals surface area contributed by atoms with Crippen molar-refractivity contribution in [1.82, 2.24) is 4.98 Å². The number of nitrogens with zero attached hydrogens (tertiary/aromatic N) is 1. The lowest BCUT2D eigenvalue weighted by Gasteiger charge is -2.14. The van der Waals surface area contributed by atoms with Crippen LogP contribution >= 0.6 is 0 Å². The van der Waals surface area contributed by atoms with Crippen LogP contribution < -0.4 is 0 Å². The van der Waals surface area contributed by atoms with Gasteiger partial charge in [0.25, 0.3) is 0 Å². The number of carboxylic acid groups (broad SMARTS) is 1. The largest absolute Gasteiger partial charge is 0.476 e. The van der Waals surface area contributed by atoms with E-state index in [0.29, 0.717) is 12.1 Å². The maximum atomic E-state index is 14.2. The molecule has 0 amide bonds. The molecule has 0 unspecified atom stereocenters. The smallest absolute Gasteiger partial charge is 0.355 e. The lowest BCUT2D eigenvalue weighted by Crippen LogP contribution is -2.06. The van der Waals surface area contributed by atoms with Crippen LogP contribution in [-0.2, 0) is 0 Å². The molecular weight excluding hydrogens is 338 g/mol. The highest BCUT2D eigenvalue weighted by atomic mass is 19.1. The number of carbonyl (C=O) groups is 1. The molecule has 0 aliphatic rings. The number of hydrogen-bond donors (Lipinski definition) is 1. The summed E-state index contributed by atoms with van der Waals surface area (Å²) < 4.78 is 54.7. The van der Waals surface area contributed by atoms with Gasteiger partial charge in [0.05, 0.1) is 0 Å². The van der Waals surface area contributed by atoms with Crippen LogP contribution in [0.1, 0.15) is 10.5 Å². The SMILES string of the molecule is O=C(O)c1nccc(-c2ccc(F)cc2F)c1-c1ccc(F)cc1F. The second-order valence-electron chi connectivity index (χ2n) is 5.14. The van der Waals surface area contributed by atoms with Gasteiger partial charge in [-0.1, -0.05) is 0 Å². The van der Waals surface area contributed by atoms with Crippen molar-refractivity contribution >= 4 is 5.97 Å². The molecule has 0 fully saturated rings. The minimum absolute atomic E-state index is 0.00425. The lowest BCUT2D eigenvalue weighted by molar-refractivity contribution is 0.0691. The Bertz CT molecular complexity index is 989. The first kappa shape index (κ1) is 16.6. The van der Waals surface area contributed by atoms with Crippen LogP contribution in [0.5, 0.6) is 0 Å². The molecule has 7 heteroatoms. The van der Waals surface area contributed by atoms with Crippen molar-refractivity contribution in [3.8, 4) is 22.3 Å². The number of halogens is 4. The molecule has 0 atom stereocenters. The highest BCUT2D eigenvalue weighted by Crippen LogP contribution is 2.37. The van der Waals surface area contributed by atoms with Gasteiger partial charge in [-0.25, -0.2) is 27.3 Å². The lowest BCUT2D eigenvalue weighted by atomic mass is 9.93. The average molecular weight is 347 g/mol. The Balaban J connectivity index is 2.37. The number of carboxylic acids is 1. The topological polar surface area (TPSA) is 50.2 Å². The normalized spacial score (nSPS) is 10.7. The summed E-state index contributed by atoms with van der Waals surface area (Å²) in [6, 6.07) is 6.57. The molecule has 0 radical (unpaired) electrons. The third kappa shape index (κ3) is 3.08. The van der Waals surface area contributed by atoms with Crippen molar-refractivity contribution in [3.05, 3.63) is 77.6 Å². The Morgan fingerprint density at radius 2 is 1.36 bits per heavy atom. The molecule has 1 N–H and O–H groups in total. The Kier molecular flexibility index (Phi) is 4.22. The first-order valence-electron chi connectivity index (χ1n) is 7.01. The fourth-order valence-electron chi connectivity index (χ4n) is 2.52. The van der Waals surface area contributed by atoms with E-state index in [9.17, 15) is 27.5 Å². The molecule has 3 aromatic rings. The summed E-state index contributed by atoms with van der Waals surface area (Å²) in [5.74, 6) is -5.12. The van der Waals surface area contributed by atoms with Crippen LogP contribution in [-0.4, -0.2) is 16.1 Å². The van der Waals surface area contributed by atoms with E-state index in [-0.39, 0.29) is 22.3 Å². The first-order valence-corrected chi connectivity index (χ1v) is 7.01. The van der Waals surface area contributed by atoms with Crippen molar-refractivity contribution in [2.75, 3.05) is 0 Å².